The van der Waals surface area contributed by atoms with Crippen molar-refractivity contribution in [2.24, 2.45) is 11.3 Å². The molecule has 1 heterocycles. The highest BCUT2D eigenvalue weighted by Crippen LogP contribution is 2.50. The standard InChI is InChI=1S/C25H25F3N2O2/c1-30(12-25(13-31)6-7-25)24(32)16-8-15(9-16)21-19-10-18(27)11-20(28)23(19)29-22(21)14-2-4-17(26)5-3-14/h2-5,10-11,15-16,29,31H,6-9,12-13H2,1H3/t15-,16-. The van der Waals surface area contributed by atoms with Crippen LogP contribution in [0, 0.1) is 28.8 Å². The van der Waals surface area contributed by atoms with E-state index < -0.39 is 11.6 Å². The van der Waals surface area contributed by atoms with Crippen molar-refractivity contribution in [1.82, 2.24) is 9.88 Å². The molecule has 3 aromatic rings. The van der Waals surface area contributed by atoms with Crippen LogP contribution in [0.4, 0.5) is 13.2 Å². The van der Waals surface area contributed by atoms with Crippen LogP contribution in [0.2, 0.25) is 0 Å². The summed E-state index contributed by atoms with van der Waals surface area (Å²) in [5.74, 6) is -1.88. The number of carbonyl (C=O) groups excluding carboxylic acids is 1. The minimum atomic E-state index is -0.681. The van der Waals surface area contributed by atoms with Gasteiger partial charge in [0, 0.05) is 36.4 Å². The van der Waals surface area contributed by atoms with Crippen LogP contribution in [0.5, 0.6) is 0 Å². The maximum absolute atomic E-state index is 14.5. The van der Waals surface area contributed by atoms with Crippen molar-refractivity contribution in [3.05, 3.63) is 59.4 Å². The van der Waals surface area contributed by atoms with Gasteiger partial charge in [-0.3, -0.25) is 4.79 Å². The molecule has 2 N–H and O–H groups in total. The lowest BCUT2D eigenvalue weighted by Crippen LogP contribution is -2.42. The Morgan fingerprint density at radius 1 is 1.12 bits per heavy atom. The Bertz CT molecular complexity index is 1180. The van der Waals surface area contributed by atoms with Gasteiger partial charge in [-0.1, -0.05) is 0 Å². The summed E-state index contributed by atoms with van der Waals surface area (Å²) in [6, 6.07) is 8.04. The lowest BCUT2D eigenvalue weighted by atomic mass is 9.69. The van der Waals surface area contributed by atoms with Gasteiger partial charge in [0.2, 0.25) is 5.91 Å². The van der Waals surface area contributed by atoms with Crippen molar-refractivity contribution in [3.8, 4) is 11.3 Å². The molecule has 2 aliphatic rings. The quantitative estimate of drug-likeness (QED) is 0.566. The van der Waals surface area contributed by atoms with E-state index in [0.29, 0.717) is 36.0 Å². The van der Waals surface area contributed by atoms with Crippen molar-refractivity contribution in [1.29, 1.82) is 0 Å². The van der Waals surface area contributed by atoms with Gasteiger partial charge in [0.05, 0.1) is 17.8 Å². The molecule has 0 aliphatic heterocycles. The van der Waals surface area contributed by atoms with Gasteiger partial charge in [0.15, 0.2) is 0 Å². The molecule has 168 valence electrons. The zero-order valence-electron chi connectivity index (χ0n) is 17.8. The largest absolute Gasteiger partial charge is 0.396 e. The zero-order valence-corrected chi connectivity index (χ0v) is 17.8. The second-order valence-electron chi connectivity index (χ2n) is 9.45. The number of aromatic nitrogens is 1. The van der Waals surface area contributed by atoms with Crippen LogP contribution in [0.25, 0.3) is 22.2 Å². The number of aromatic amines is 1. The number of benzene rings is 2. The molecule has 0 bridgehead atoms. The molecule has 2 aromatic carbocycles. The molecule has 2 fully saturated rings. The predicted molar refractivity (Wildman–Crippen MR) is 115 cm³/mol. The van der Waals surface area contributed by atoms with E-state index in [4.69, 9.17) is 0 Å². The van der Waals surface area contributed by atoms with Crippen molar-refractivity contribution in [3.63, 3.8) is 0 Å². The van der Waals surface area contributed by atoms with Crippen LogP contribution in [0.15, 0.2) is 36.4 Å². The number of rotatable bonds is 6. The number of H-pyrrole nitrogens is 1. The lowest BCUT2D eigenvalue weighted by Gasteiger charge is -2.38. The first-order chi connectivity index (χ1) is 15.3. The Hall–Kier alpha value is -2.80. The summed E-state index contributed by atoms with van der Waals surface area (Å²) < 4.78 is 42.0. The van der Waals surface area contributed by atoms with Gasteiger partial charge < -0.3 is 15.0 Å². The van der Waals surface area contributed by atoms with Crippen LogP contribution in [-0.4, -0.2) is 41.1 Å². The van der Waals surface area contributed by atoms with Crippen LogP contribution in [-0.2, 0) is 4.79 Å². The molecule has 2 saturated carbocycles. The first-order valence-corrected chi connectivity index (χ1v) is 10.9. The van der Waals surface area contributed by atoms with Gasteiger partial charge in [-0.15, -0.1) is 0 Å². The molecule has 0 unspecified atom stereocenters. The van der Waals surface area contributed by atoms with Gasteiger partial charge in [-0.2, -0.15) is 0 Å². The van der Waals surface area contributed by atoms with E-state index in [1.807, 2.05) is 0 Å². The van der Waals surface area contributed by atoms with E-state index in [0.717, 1.165) is 24.5 Å². The molecule has 0 saturated heterocycles. The molecule has 5 rings (SSSR count). The summed E-state index contributed by atoms with van der Waals surface area (Å²) in [4.78, 5) is 17.7. The molecule has 32 heavy (non-hydrogen) atoms. The number of carbonyl (C=O) groups is 1. The number of fused-ring (bicyclic) bond motifs is 1. The molecular weight excluding hydrogens is 417 g/mol. The average Bonchev–Trinajstić information content (AvgIpc) is 3.41. The Kier molecular flexibility index (Phi) is 5.04. The monoisotopic (exact) mass is 442 g/mol. The molecule has 1 aromatic heterocycles. The van der Waals surface area contributed by atoms with Crippen LogP contribution in [0.3, 0.4) is 0 Å². The smallest absolute Gasteiger partial charge is 0.225 e. The lowest BCUT2D eigenvalue weighted by molar-refractivity contribution is -0.138. The summed E-state index contributed by atoms with van der Waals surface area (Å²) in [5.41, 5.74) is 2.15. The molecule has 0 radical (unpaired) electrons. The van der Waals surface area contributed by atoms with E-state index in [1.54, 1.807) is 24.1 Å². The Morgan fingerprint density at radius 3 is 2.44 bits per heavy atom. The number of nitrogens with one attached hydrogen (secondary N) is 1. The summed E-state index contributed by atoms with van der Waals surface area (Å²) in [5, 5.41) is 10.0. The highest BCUT2D eigenvalue weighted by molar-refractivity contribution is 5.92. The summed E-state index contributed by atoms with van der Waals surface area (Å²) in [6.45, 7) is 0.638. The van der Waals surface area contributed by atoms with E-state index in [1.165, 1.54) is 18.2 Å². The highest BCUT2D eigenvalue weighted by Gasteiger charge is 2.45. The molecule has 0 spiro atoms. The third kappa shape index (κ3) is 3.58. The van der Waals surface area contributed by atoms with Crippen molar-refractivity contribution in [2.75, 3.05) is 20.2 Å². The topological polar surface area (TPSA) is 56.3 Å². The molecular formula is C25H25F3N2O2. The van der Waals surface area contributed by atoms with Gasteiger partial charge in [0.25, 0.3) is 0 Å². The number of aliphatic hydroxyl groups is 1. The molecule has 7 heteroatoms. The highest BCUT2D eigenvalue weighted by atomic mass is 19.1. The number of hydrogen-bond donors (Lipinski definition) is 2. The normalized spacial score (nSPS) is 21.4. The average molecular weight is 442 g/mol. The number of hydrogen-bond acceptors (Lipinski definition) is 2. The fraction of sp³-hybridized carbons (Fsp3) is 0.400. The Balaban J connectivity index is 1.43. The summed E-state index contributed by atoms with van der Waals surface area (Å²) in [6.07, 6.45) is 3.02. The number of halogens is 3. The Morgan fingerprint density at radius 2 is 1.81 bits per heavy atom. The predicted octanol–water partition coefficient (Wildman–Crippen LogP) is 4.98. The van der Waals surface area contributed by atoms with Gasteiger partial charge in [-0.25, -0.2) is 13.2 Å². The van der Waals surface area contributed by atoms with Crippen LogP contribution in [0.1, 0.15) is 37.2 Å². The fourth-order valence-corrected chi connectivity index (χ4v) is 5.00. The SMILES string of the molecule is CN(CC1(CO)CC1)C(=O)[C@H]1C[C@H](c2c(-c3ccc(F)cc3)[nH]c3c(F)cc(F)cc32)C1. The number of aliphatic hydroxyl groups excluding tert-OH is 1. The van der Waals surface area contributed by atoms with Crippen LogP contribution >= 0.6 is 0 Å². The fourth-order valence-electron chi connectivity index (χ4n) is 5.00. The third-order valence-electron chi connectivity index (χ3n) is 7.13. The number of nitrogens with zero attached hydrogens (tertiary/aromatic N) is 1. The zero-order chi connectivity index (χ0) is 22.6. The third-order valence-corrected chi connectivity index (χ3v) is 7.13. The van der Waals surface area contributed by atoms with E-state index in [-0.39, 0.29) is 41.1 Å². The second kappa shape index (κ2) is 7.66. The van der Waals surface area contributed by atoms with Crippen LogP contribution < -0.4 is 0 Å². The van der Waals surface area contributed by atoms with Gasteiger partial charge in [0.1, 0.15) is 17.5 Å². The molecule has 1 amide bonds. The van der Waals surface area contributed by atoms with Crippen molar-refractivity contribution >= 4 is 16.8 Å². The Labute approximate surface area is 184 Å². The first kappa shape index (κ1) is 21.1. The van der Waals surface area contributed by atoms with E-state index in [9.17, 15) is 23.1 Å². The first-order valence-electron chi connectivity index (χ1n) is 10.9. The maximum atomic E-state index is 14.5. The number of amides is 1. The summed E-state index contributed by atoms with van der Waals surface area (Å²) >= 11 is 0. The van der Waals surface area contributed by atoms with Gasteiger partial charge in [-0.05, 0) is 73.1 Å². The molecule has 2 aliphatic carbocycles. The van der Waals surface area contributed by atoms with E-state index >= 15 is 0 Å². The summed E-state index contributed by atoms with van der Waals surface area (Å²) in [7, 11) is 1.77. The molecule has 0 atom stereocenters. The maximum Gasteiger partial charge on any atom is 0.225 e. The minimum Gasteiger partial charge on any atom is -0.396 e. The minimum absolute atomic E-state index is 0.0416. The second-order valence-corrected chi connectivity index (χ2v) is 9.45. The van der Waals surface area contributed by atoms with E-state index in [2.05, 4.69) is 4.98 Å². The van der Waals surface area contributed by atoms with Crippen molar-refractivity contribution in [2.45, 2.75) is 31.6 Å². The van der Waals surface area contributed by atoms with Gasteiger partial charge >= 0.3 is 0 Å². The molecule has 4 nitrogen and oxygen atoms in total. The van der Waals surface area contributed by atoms with Crippen molar-refractivity contribution < 1.29 is 23.1 Å².